The van der Waals surface area contributed by atoms with Gasteiger partial charge in [-0.3, -0.25) is 0 Å². The van der Waals surface area contributed by atoms with Crippen LogP contribution in [0.3, 0.4) is 0 Å². The van der Waals surface area contributed by atoms with Crippen LogP contribution >= 0.6 is 23.2 Å². The fourth-order valence-electron chi connectivity index (χ4n) is 1.35. The molecule has 0 spiro atoms. The second kappa shape index (κ2) is 7.77. The molecule has 1 aromatic carbocycles. The summed E-state index contributed by atoms with van der Waals surface area (Å²) in [5.74, 6) is 0.684. The Morgan fingerprint density at radius 1 is 1.24 bits per heavy atom. The minimum absolute atomic E-state index is 0.0430. The molecular formula is C12H17Cl2NO2. The smallest absolute Gasteiger partial charge is 0.122 e. The van der Waals surface area contributed by atoms with Crippen LogP contribution in [0.5, 0.6) is 5.75 Å². The van der Waals surface area contributed by atoms with Crippen LogP contribution in [0, 0.1) is 0 Å². The molecule has 96 valence electrons. The molecule has 0 heterocycles. The summed E-state index contributed by atoms with van der Waals surface area (Å²) in [6.07, 6.45) is 0.0430. The standard InChI is InChI=1S/C12H17Cl2NO2/c1-9(8-15-3-4-16-2)17-12-6-10(13)5-11(14)7-12/h5-7,9,15H,3-4,8H2,1-2H3. The average Bonchev–Trinajstić information content (AvgIpc) is 2.23. The predicted molar refractivity (Wildman–Crippen MR) is 71.3 cm³/mol. The molecule has 0 bridgehead atoms. The van der Waals surface area contributed by atoms with Gasteiger partial charge in [-0.15, -0.1) is 0 Å². The summed E-state index contributed by atoms with van der Waals surface area (Å²) in [5, 5.41) is 4.37. The molecule has 1 unspecified atom stereocenters. The lowest BCUT2D eigenvalue weighted by atomic mass is 10.3. The summed E-state index contributed by atoms with van der Waals surface area (Å²) >= 11 is 11.8. The number of nitrogens with one attached hydrogen (secondary N) is 1. The van der Waals surface area contributed by atoms with Gasteiger partial charge in [0.2, 0.25) is 0 Å². The molecule has 0 aliphatic rings. The fraction of sp³-hybridized carbons (Fsp3) is 0.500. The molecule has 1 aromatic rings. The zero-order valence-electron chi connectivity index (χ0n) is 10.0. The highest BCUT2D eigenvalue weighted by Crippen LogP contribution is 2.24. The SMILES string of the molecule is COCCNCC(C)Oc1cc(Cl)cc(Cl)c1. The molecular weight excluding hydrogens is 261 g/mol. The molecule has 1 N–H and O–H groups in total. The number of hydrogen-bond donors (Lipinski definition) is 1. The summed E-state index contributed by atoms with van der Waals surface area (Å²) in [5.41, 5.74) is 0. The highest BCUT2D eigenvalue weighted by atomic mass is 35.5. The van der Waals surface area contributed by atoms with Gasteiger partial charge in [0, 0.05) is 30.2 Å². The van der Waals surface area contributed by atoms with Crippen LogP contribution in [0.2, 0.25) is 10.0 Å². The Morgan fingerprint density at radius 3 is 2.47 bits per heavy atom. The van der Waals surface area contributed by atoms with E-state index in [9.17, 15) is 0 Å². The Kier molecular flexibility index (Phi) is 6.66. The second-order valence-corrected chi connectivity index (χ2v) is 4.60. The molecule has 1 atom stereocenters. The predicted octanol–water partition coefficient (Wildman–Crippen LogP) is 3.00. The van der Waals surface area contributed by atoms with E-state index in [0.29, 0.717) is 22.4 Å². The first-order valence-corrected chi connectivity index (χ1v) is 6.20. The molecule has 0 fully saturated rings. The summed E-state index contributed by atoms with van der Waals surface area (Å²) in [6.45, 7) is 4.22. The minimum atomic E-state index is 0.0430. The number of methoxy groups -OCH3 is 1. The number of halogens is 2. The summed E-state index contributed by atoms with van der Waals surface area (Å²) in [4.78, 5) is 0. The molecule has 3 nitrogen and oxygen atoms in total. The summed E-state index contributed by atoms with van der Waals surface area (Å²) in [6, 6.07) is 5.18. The van der Waals surface area contributed by atoms with E-state index in [2.05, 4.69) is 5.32 Å². The molecule has 0 aliphatic heterocycles. The third-order valence-corrected chi connectivity index (χ3v) is 2.52. The number of ether oxygens (including phenoxy) is 2. The maximum absolute atomic E-state index is 5.88. The van der Waals surface area contributed by atoms with Crippen LogP contribution in [0.4, 0.5) is 0 Å². The normalized spacial score (nSPS) is 12.5. The Morgan fingerprint density at radius 2 is 1.88 bits per heavy atom. The maximum atomic E-state index is 5.88. The van der Waals surface area contributed by atoms with Crippen LogP contribution in [0.15, 0.2) is 18.2 Å². The van der Waals surface area contributed by atoms with Crippen molar-refractivity contribution in [1.29, 1.82) is 0 Å². The van der Waals surface area contributed by atoms with Gasteiger partial charge in [0.05, 0.1) is 6.61 Å². The van der Waals surface area contributed by atoms with E-state index in [0.717, 1.165) is 13.1 Å². The molecule has 0 radical (unpaired) electrons. The van der Waals surface area contributed by atoms with Crippen LogP contribution in [-0.4, -0.2) is 32.9 Å². The van der Waals surface area contributed by atoms with Crippen LogP contribution in [0.25, 0.3) is 0 Å². The monoisotopic (exact) mass is 277 g/mol. The van der Waals surface area contributed by atoms with Crippen molar-refractivity contribution in [3.63, 3.8) is 0 Å². The van der Waals surface area contributed by atoms with Gasteiger partial charge in [-0.2, -0.15) is 0 Å². The first kappa shape index (κ1) is 14.6. The highest BCUT2D eigenvalue weighted by Gasteiger charge is 2.05. The largest absolute Gasteiger partial charge is 0.489 e. The number of rotatable bonds is 7. The molecule has 0 saturated heterocycles. The van der Waals surface area contributed by atoms with Crippen molar-refractivity contribution in [1.82, 2.24) is 5.32 Å². The Bertz CT molecular complexity index is 327. The quantitative estimate of drug-likeness (QED) is 0.778. The zero-order valence-corrected chi connectivity index (χ0v) is 11.5. The van der Waals surface area contributed by atoms with Crippen molar-refractivity contribution in [2.75, 3.05) is 26.8 Å². The maximum Gasteiger partial charge on any atom is 0.122 e. The first-order chi connectivity index (χ1) is 8.11. The van der Waals surface area contributed by atoms with Gasteiger partial charge in [-0.1, -0.05) is 23.2 Å². The van der Waals surface area contributed by atoms with Crippen LogP contribution in [-0.2, 0) is 4.74 Å². The van der Waals surface area contributed by atoms with Gasteiger partial charge in [-0.05, 0) is 25.1 Å². The van der Waals surface area contributed by atoms with Crippen molar-refractivity contribution in [2.24, 2.45) is 0 Å². The molecule has 17 heavy (non-hydrogen) atoms. The van der Waals surface area contributed by atoms with Gasteiger partial charge in [0.25, 0.3) is 0 Å². The molecule has 0 amide bonds. The van der Waals surface area contributed by atoms with Crippen molar-refractivity contribution in [3.05, 3.63) is 28.2 Å². The molecule has 0 aliphatic carbocycles. The van der Waals surface area contributed by atoms with Crippen LogP contribution in [0.1, 0.15) is 6.92 Å². The van der Waals surface area contributed by atoms with Crippen molar-refractivity contribution in [2.45, 2.75) is 13.0 Å². The lowest BCUT2D eigenvalue weighted by Gasteiger charge is -2.15. The van der Waals surface area contributed by atoms with Gasteiger partial charge in [0.15, 0.2) is 0 Å². The molecule has 5 heteroatoms. The molecule has 1 rings (SSSR count). The van der Waals surface area contributed by atoms with Crippen molar-refractivity contribution >= 4 is 23.2 Å². The van der Waals surface area contributed by atoms with Gasteiger partial charge in [-0.25, -0.2) is 0 Å². The van der Waals surface area contributed by atoms with Crippen molar-refractivity contribution in [3.8, 4) is 5.75 Å². The average molecular weight is 278 g/mol. The Hall–Kier alpha value is -0.480. The Labute approximate surface area is 112 Å². The van der Waals surface area contributed by atoms with E-state index in [1.807, 2.05) is 6.92 Å². The van der Waals surface area contributed by atoms with Gasteiger partial charge >= 0.3 is 0 Å². The zero-order chi connectivity index (χ0) is 12.7. The first-order valence-electron chi connectivity index (χ1n) is 5.44. The topological polar surface area (TPSA) is 30.5 Å². The van der Waals surface area contributed by atoms with E-state index < -0.39 is 0 Å². The van der Waals surface area contributed by atoms with E-state index >= 15 is 0 Å². The van der Waals surface area contributed by atoms with E-state index in [4.69, 9.17) is 32.7 Å². The minimum Gasteiger partial charge on any atom is -0.489 e. The van der Waals surface area contributed by atoms with Gasteiger partial charge in [0.1, 0.15) is 11.9 Å². The fourth-order valence-corrected chi connectivity index (χ4v) is 1.86. The summed E-state index contributed by atoms with van der Waals surface area (Å²) in [7, 11) is 1.68. The van der Waals surface area contributed by atoms with E-state index in [1.54, 1.807) is 25.3 Å². The second-order valence-electron chi connectivity index (χ2n) is 3.73. The third kappa shape index (κ3) is 6.13. The van der Waals surface area contributed by atoms with E-state index in [-0.39, 0.29) is 6.10 Å². The van der Waals surface area contributed by atoms with Crippen molar-refractivity contribution < 1.29 is 9.47 Å². The third-order valence-electron chi connectivity index (χ3n) is 2.09. The lowest BCUT2D eigenvalue weighted by Crippen LogP contribution is -2.31. The van der Waals surface area contributed by atoms with Crippen LogP contribution < -0.4 is 10.1 Å². The summed E-state index contributed by atoms with van der Waals surface area (Å²) < 4.78 is 10.6. The van der Waals surface area contributed by atoms with Gasteiger partial charge < -0.3 is 14.8 Å². The number of hydrogen-bond acceptors (Lipinski definition) is 3. The Balaban J connectivity index is 2.36. The number of benzene rings is 1. The lowest BCUT2D eigenvalue weighted by molar-refractivity contribution is 0.184. The molecule has 0 saturated carbocycles. The highest BCUT2D eigenvalue weighted by molar-refractivity contribution is 6.34. The van der Waals surface area contributed by atoms with E-state index in [1.165, 1.54) is 0 Å². The molecule has 0 aromatic heterocycles.